The van der Waals surface area contributed by atoms with E-state index in [1.54, 1.807) is 11.4 Å². The monoisotopic (exact) mass is 389 g/mol. The van der Waals surface area contributed by atoms with Crippen LogP contribution in [0.2, 0.25) is 0 Å². The molecular formula is C16H12BrN3O2S. The van der Waals surface area contributed by atoms with E-state index in [1.807, 2.05) is 30.3 Å². The molecule has 3 aromatic rings. The average Bonchev–Trinajstić information content (AvgIpc) is 3.06. The summed E-state index contributed by atoms with van der Waals surface area (Å²) in [4.78, 5) is 20.8. The second-order valence-electron chi connectivity index (χ2n) is 4.57. The SMILES string of the molecule is COc1ncc(NC(=O)c2csc(-c3ccccc3)n2)cc1Br. The van der Waals surface area contributed by atoms with E-state index in [9.17, 15) is 4.79 Å². The van der Waals surface area contributed by atoms with E-state index < -0.39 is 0 Å². The number of ether oxygens (including phenoxy) is 1. The topological polar surface area (TPSA) is 64.1 Å². The lowest BCUT2D eigenvalue weighted by Crippen LogP contribution is -2.12. The molecule has 0 aliphatic carbocycles. The molecule has 7 heteroatoms. The molecule has 0 saturated carbocycles. The fourth-order valence-corrected chi connectivity index (χ4v) is 3.25. The predicted octanol–water partition coefficient (Wildman–Crippen LogP) is 4.23. The maximum atomic E-state index is 12.3. The van der Waals surface area contributed by atoms with E-state index >= 15 is 0 Å². The second-order valence-corrected chi connectivity index (χ2v) is 6.29. The van der Waals surface area contributed by atoms with Crippen LogP contribution in [0.3, 0.4) is 0 Å². The van der Waals surface area contributed by atoms with E-state index in [-0.39, 0.29) is 5.91 Å². The van der Waals surface area contributed by atoms with Crippen LogP contribution in [-0.2, 0) is 0 Å². The quantitative estimate of drug-likeness (QED) is 0.724. The Labute approximate surface area is 145 Å². The van der Waals surface area contributed by atoms with Gasteiger partial charge in [0.05, 0.1) is 23.5 Å². The smallest absolute Gasteiger partial charge is 0.275 e. The largest absolute Gasteiger partial charge is 0.480 e. The number of anilines is 1. The van der Waals surface area contributed by atoms with Crippen molar-refractivity contribution in [2.24, 2.45) is 0 Å². The molecule has 0 aliphatic heterocycles. The van der Waals surface area contributed by atoms with Gasteiger partial charge in [-0.25, -0.2) is 9.97 Å². The summed E-state index contributed by atoms with van der Waals surface area (Å²) in [6, 6.07) is 11.5. The highest BCUT2D eigenvalue weighted by molar-refractivity contribution is 9.10. The lowest BCUT2D eigenvalue weighted by molar-refractivity contribution is 0.102. The fraction of sp³-hybridized carbons (Fsp3) is 0.0625. The molecule has 0 saturated heterocycles. The van der Waals surface area contributed by atoms with Crippen molar-refractivity contribution in [1.82, 2.24) is 9.97 Å². The Hall–Kier alpha value is -2.25. The predicted molar refractivity (Wildman–Crippen MR) is 94.0 cm³/mol. The average molecular weight is 390 g/mol. The van der Waals surface area contributed by atoms with Crippen molar-refractivity contribution in [2.45, 2.75) is 0 Å². The Kier molecular flexibility index (Phi) is 4.68. The van der Waals surface area contributed by atoms with Gasteiger partial charge in [-0.05, 0) is 22.0 Å². The first-order valence-electron chi connectivity index (χ1n) is 6.69. The molecule has 0 unspecified atom stereocenters. The molecule has 2 heterocycles. The molecule has 0 bridgehead atoms. The Bertz CT molecular complexity index is 836. The number of benzene rings is 1. The number of rotatable bonds is 4. The molecule has 3 rings (SSSR count). The zero-order chi connectivity index (χ0) is 16.2. The Morgan fingerprint density at radius 3 is 2.78 bits per heavy atom. The van der Waals surface area contributed by atoms with Gasteiger partial charge >= 0.3 is 0 Å². The lowest BCUT2D eigenvalue weighted by atomic mass is 10.2. The van der Waals surface area contributed by atoms with Gasteiger partial charge in [-0.1, -0.05) is 30.3 Å². The van der Waals surface area contributed by atoms with Gasteiger partial charge in [-0.15, -0.1) is 11.3 Å². The first-order chi connectivity index (χ1) is 11.2. The van der Waals surface area contributed by atoms with E-state index in [1.165, 1.54) is 24.6 Å². The third-order valence-electron chi connectivity index (χ3n) is 3.02. The van der Waals surface area contributed by atoms with Gasteiger partial charge in [0.2, 0.25) is 5.88 Å². The summed E-state index contributed by atoms with van der Waals surface area (Å²) >= 11 is 4.77. The number of hydrogen-bond donors (Lipinski definition) is 1. The number of nitrogens with zero attached hydrogens (tertiary/aromatic N) is 2. The normalized spacial score (nSPS) is 10.3. The zero-order valence-corrected chi connectivity index (χ0v) is 14.5. The third kappa shape index (κ3) is 3.57. The lowest BCUT2D eigenvalue weighted by Gasteiger charge is -2.06. The van der Waals surface area contributed by atoms with Crippen molar-refractivity contribution in [3.63, 3.8) is 0 Å². The minimum atomic E-state index is -0.276. The first-order valence-corrected chi connectivity index (χ1v) is 8.36. The number of aromatic nitrogens is 2. The number of pyridine rings is 1. The van der Waals surface area contributed by atoms with Gasteiger partial charge in [0, 0.05) is 10.9 Å². The van der Waals surface area contributed by atoms with Gasteiger partial charge in [-0.2, -0.15) is 0 Å². The van der Waals surface area contributed by atoms with Crippen LogP contribution >= 0.6 is 27.3 Å². The summed E-state index contributed by atoms with van der Waals surface area (Å²) in [6.07, 6.45) is 1.53. The molecule has 0 atom stereocenters. The molecule has 0 fully saturated rings. The number of hydrogen-bond acceptors (Lipinski definition) is 5. The summed E-state index contributed by atoms with van der Waals surface area (Å²) in [6.45, 7) is 0. The van der Waals surface area contributed by atoms with Gasteiger partial charge in [0.25, 0.3) is 5.91 Å². The van der Waals surface area contributed by atoms with Crippen LogP contribution in [0.15, 0.2) is 52.4 Å². The fourth-order valence-electron chi connectivity index (χ4n) is 1.93. The molecule has 1 N–H and O–H groups in total. The van der Waals surface area contributed by atoms with Crippen molar-refractivity contribution in [3.05, 3.63) is 58.1 Å². The molecule has 116 valence electrons. The minimum Gasteiger partial charge on any atom is -0.480 e. The van der Waals surface area contributed by atoms with Gasteiger partial charge in [-0.3, -0.25) is 4.79 Å². The molecule has 5 nitrogen and oxygen atoms in total. The van der Waals surface area contributed by atoms with E-state index in [0.717, 1.165) is 10.6 Å². The highest BCUT2D eigenvalue weighted by Gasteiger charge is 2.13. The Morgan fingerprint density at radius 1 is 1.30 bits per heavy atom. The summed E-state index contributed by atoms with van der Waals surface area (Å²) in [5.74, 6) is 0.185. The number of carbonyl (C=O) groups is 1. The van der Waals surface area contributed by atoms with Crippen LogP contribution in [0, 0.1) is 0 Å². The van der Waals surface area contributed by atoms with Crippen LogP contribution in [0.4, 0.5) is 5.69 Å². The van der Waals surface area contributed by atoms with E-state index in [2.05, 4.69) is 31.2 Å². The standard InChI is InChI=1S/C16H12BrN3O2S/c1-22-15-12(17)7-11(8-18-15)19-14(21)13-9-23-16(20-13)10-5-3-2-4-6-10/h2-9H,1H3,(H,19,21). The Morgan fingerprint density at radius 2 is 2.09 bits per heavy atom. The highest BCUT2D eigenvalue weighted by Crippen LogP contribution is 2.26. The molecule has 1 amide bonds. The van der Waals surface area contributed by atoms with E-state index in [0.29, 0.717) is 21.7 Å². The minimum absolute atomic E-state index is 0.276. The van der Waals surface area contributed by atoms with Crippen LogP contribution in [0.25, 0.3) is 10.6 Å². The molecule has 0 aliphatic rings. The maximum absolute atomic E-state index is 12.3. The number of thiazole rings is 1. The summed E-state index contributed by atoms with van der Waals surface area (Å²) in [7, 11) is 1.53. The van der Waals surface area contributed by atoms with Crippen molar-refractivity contribution in [3.8, 4) is 16.5 Å². The Balaban J connectivity index is 1.76. The third-order valence-corrected chi connectivity index (χ3v) is 4.48. The van der Waals surface area contributed by atoms with Crippen LogP contribution < -0.4 is 10.1 Å². The second kappa shape index (κ2) is 6.89. The molecule has 1 aromatic carbocycles. The molecule has 0 spiro atoms. The maximum Gasteiger partial charge on any atom is 0.275 e. The zero-order valence-electron chi connectivity index (χ0n) is 12.1. The van der Waals surface area contributed by atoms with Gasteiger partial charge in [0.15, 0.2) is 0 Å². The first kappa shape index (κ1) is 15.6. The van der Waals surface area contributed by atoms with Crippen molar-refractivity contribution in [2.75, 3.05) is 12.4 Å². The number of methoxy groups -OCH3 is 1. The van der Waals surface area contributed by atoms with Crippen molar-refractivity contribution < 1.29 is 9.53 Å². The number of carbonyl (C=O) groups excluding carboxylic acids is 1. The number of nitrogens with one attached hydrogen (secondary N) is 1. The van der Waals surface area contributed by atoms with Crippen molar-refractivity contribution >= 4 is 38.9 Å². The van der Waals surface area contributed by atoms with Crippen LogP contribution in [0.5, 0.6) is 5.88 Å². The molecule has 0 radical (unpaired) electrons. The highest BCUT2D eigenvalue weighted by atomic mass is 79.9. The summed E-state index contributed by atoms with van der Waals surface area (Å²) in [5.41, 5.74) is 1.93. The molecule has 2 aromatic heterocycles. The van der Waals surface area contributed by atoms with Crippen LogP contribution in [0.1, 0.15) is 10.5 Å². The molecule has 23 heavy (non-hydrogen) atoms. The van der Waals surface area contributed by atoms with Gasteiger partial charge in [0.1, 0.15) is 10.7 Å². The van der Waals surface area contributed by atoms with Crippen molar-refractivity contribution in [1.29, 1.82) is 0 Å². The van der Waals surface area contributed by atoms with Crippen LogP contribution in [-0.4, -0.2) is 23.0 Å². The molecular weight excluding hydrogens is 378 g/mol. The van der Waals surface area contributed by atoms with E-state index in [4.69, 9.17) is 4.74 Å². The number of halogens is 1. The summed E-state index contributed by atoms with van der Waals surface area (Å²) in [5, 5.41) is 5.32. The van der Waals surface area contributed by atoms with Gasteiger partial charge < -0.3 is 10.1 Å². The number of amides is 1. The summed E-state index contributed by atoms with van der Waals surface area (Å²) < 4.78 is 5.73.